The molecule has 4 aromatic rings. The highest BCUT2D eigenvalue weighted by molar-refractivity contribution is 7.90. The molecule has 7 heteroatoms. The van der Waals surface area contributed by atoms with E-state index in [4.69, 9.17) is 0 Å². The molecular weight excluding hydrogens is 372 g/mol. The Kier molecular flexibility index (Phi) is 4.83. The Morgan fingerprint density at radius 2 is 1.68 bits per heavy atom. The van der Waals surface area contributed by atoms with E-state index in [1.807, 2.05) is 36.7 Å². The topological polar surface area (TPSA) is 76.9 Å². The van der Waals surface area contributed by atoms with Gasteiger partial charge < -0.3 is 9.88 Å². The van der Waals surface area contributed by atoms with Gasteiger partial charge in [0.15, 0.2) is 9.84 Å². The molecule has 0 radical (unpaired) electrons. The van der Waals surface area contributed by atoms with Crippen molar-refractivity contribution in [3.63, 3.8) is 0 Å². The normalized spacial score (nSPS) is 11.6. The third-order valence-electron chi connectivity index (χ3n) is 4.53. The zero-order valence-corrected chi connectivity index (χ0v) is 16.2. The van der Waals surface area contributed by atoms with Gasteiger partial charge in [-0.1, -0.05) is 36.4 Å². The van der Waals surface area contributed by atoms with Crippen LogP contribution in [0.1, 0.15) is 11.1 Å². The van der Waals surface area contributed by atoms with Crippen LogP contribution in [0.5, 0.6) is 0 Å². The maximum atomic E-state index is 11.9. The minimum absolute atomic E-state index is 0.207. The van der Waals surface area contributed by atoms with Crippen molar-refractivity contribution in [3.8, 4) is 0 Å². The van der Waals surface area contributed by atoms with E-state index < -0.39 is 9.84 Å². The number of pyridine rings is 1. The van der Waals surface area contributed by atoms with Crippen molar-refractivity contribution in [2.75, 3.05) is 11.6 Å². The van der Waals surface area contributed by atoms with Gasteiger partial charge >= 0.3 is 0 Å². The molecule has 2 heterocycles. The van der Waals surface area contributed by atoms with Crippen molar-refractivity contribution < 1.29 is 8.42 Å². The van der Waals surface area contributed by atoms with Crippen LogP contribution in [0.15, 0.2) is 78.1 Å². The summed E-state index contributed by atoms with van der Waals surface area (Å²) in [5.74, 6) is 0.374. The summed E-state index contributed by atoms with van der Waals surface area (Å²) in [6.45, 7) is 1.24. The largest absolute Gasteiger partial charge is 0.365 e. The average molecular weight is 392 g/mol. The Labute approximate surface area is 163 Å². The van der Waals surface area contributed by atoms with Gasteiger partial charge in [0, 0.05) is 25.5 Å². The SMILES string of the molecule is CS(=O)(=O)c1cccnc1NCc1ccc(Cn2cnc3ccccc32)cc1. The fourth-order valence-electron chi connectivity index (χ4n) is 3.10. The summed E-state index contributed by atoms with van der Waals surface area (Å²) in [6.07, 6.45) is 4.62. The summed E-state index contributed by atoms with van der Waals surface area (Å²) in [4.78, 5) is 8.78. The molecule has 0 aliphatic heterocycles. The highest BCUT2D eigenvalue weighted by atomic mass is 32.2. The predicted octanol–water partition coefficient (Wildman–Crippen LogP) is 3.50. The number of para-hydroxylation sites is 2. The second-order valence-corrected chi connectivity index (χ2v) is 8.64. The Balaban J connectivity index is 1.46. The van der Waals surface area contributed by atoms with E-state index >= 15 is 0 Å². The Hall–Kier alpha value is -3.19. The number of rotatable bonds is 6. The average Bonchev–Trinajstić information content (AvgIpc) is 3.10. The van der Waals surface area contributed by atoms with Gasteiger partial charge in [0.25, 0.3) is 0 Å². The Morgan fingerprint density at radius 3 is 2.46 bits per heavy atom. The molecule has 2 aromatic heterocycles. The van der Waals surface area contributed by atoms with E-state index in [1.54, 1.807) is 18.3 Å². The number of nitrogens with zero attached hydrogens (tertiary/aromatic N) is 3. The summed E-state index contributed by atoms with van der Waals surface area (Å²) in [5, 5.41) is 3.12. The lowest BCUT2D eigenvalue weighted by atomic mass is 10.1. The van der Waals surface area contributed by atoms with Crippen LogP contribution in [0.2, 0.25) is 0 Å². The number of anilines is 1. The van der Waals surface area contributed by atoms with Gasteiger partial charge in [0.1, 0.15) is 10.7 Å². The van der Waals surface area contributed by atoms with Crippen molar-refractivity contribution in [2.45, 2.75) is 18.0 Å². The van der Waals surface area contributed by atoms with Crippen LogP contribution in [0.25, 0.3) is 11.0 Å². The molecule has 0 saturated heterocycles. The van der Waals surface area contributed by atoms with Crippen molar-refractivity contribution in [1.29, 1.82) is 0 Å². The maximum absolute atomic E-state index is 11.9. The van der Waals surface area contributed by atoms with E-state index in [2.05, 4.69) is 38.1 Å². The van der Waals surface area contributed by atoms with E-state index in [9.17, 15) is 8.42 Å². The zero-order chi connectivity index (χ0) is 19.6. The van der Waals surface area contributed by atoms with Crippen LogP contribution in [0, 0.1) is 0 Å². The van der Waals surface area contributed by atoms with Gasteiger partial charge in [-0.15, -0.1) is 0 Å². The van der Waals surface area contributed by atoms with Crippen LogP contribution >= 0.6 is 0 Å². The second kappa shape index (κ2) is 7.44. The number of fused-ring (bicyclic) bond motifs is 1. The number of nitrogens with one attached hydrogen (secondary N) is 1. The molecule has 0 spiro atoms. The molecular formula is C21H20N4O2S. The van der Waals surface area contributed by atoms with Gasteiger partial charge in [-0.05, 0) is 35.4 Å². The van der Waals surface area contributed by atoms with E-state index in [0.717, 1.165) is 23.1 Å². The lowest BCUT2D eigenvalue weighted by molar-refractivity contribution is 0.601. The lowest BCUT2D eigenvalue weighted by Crippen LogP contribution is -2.08. The minimum Gasteiger partial charge on any atom is -0.365 e. The first-order chi connectivity index (χ1) is 13.5. The molecule has 0 saturated carbocycles. The van der Waals surface area contributed by atoms with Crippen LogP contribution < -0.4 is 5.32 Å². The van der Waals surface area contributed by atoms with Crippen molar-refractivity contribution in [1.82, 2.24) is 14.5 Å². The van der Waals surface area contributed by atoms with Crippen LogP contribution in [-0.4, -0.2) is 29.2 Å². The van der Waals surface area contributed by atoms with Gasteiger partial charge in [0.2, 0.25) is 0 Å². The molecule has 4 rings (SSSR count). The molecule has 1 N–H and O–H groups in total. The molecule has 0 aliphatic carbocycles. The van der Waals surface area contributed by atoms with E-state index in [0.29, 0.717) is 12.4 Å². The summed E-state index contributed by atoms with van der Waals surface area (Å²) in [7, 11) is -3.33. The molecule has 2 aromatic carbocycles. The molecule has 0 bridgehead atoms. The summed E-state index contributed by atoms with van der Waals surface area (Å²) in [5.41, 5.74) is 4.31. The highest BCUT2D eigenvalue weighted by Gasteiger charge is 2.13. The van der Waals surface area contributed by atoms with Gasteiger partial charge in [-0.2, -0.15) is 0 Å². The number of hydrogen-bond donors (Lipinski definition) is 1. The van der Waals surface area contributed by atoms with Crippen LogP contribution in [-0.2, 0) is 22.9 Å². The zero-order valence-electron chi connectivity index (χ0n) is 15.4. The highest BCUT2D eigenvalue weighted by Crippen LogP contribution is 2.19. The Bertz CT molecular complexity index is 1210. The first-order valence-corrected chi connectivity index (χ1v) is 10.8. The summed E-state index contributed by atoms with van der Waals surface area (Å²) >= 11 is 0. The summed E-state index contributed by atoms with van der Waals surface area (Å²) < 4.78 is 25.9. The number of sulfone groups is 1. The predicted molar refractivity (Wildman–Crippen MR) is 110 cm³/mol. The number of hydrogen-bond acceptors (Lipinski definition) is 5. The minimum atomic E-state index is -3.33. The number of imidazole rings is 1. The molecule has 0 aliphatic rings. The smallest absolute Gasteiger partial charge is 0.179 e. The Morgan fingerprint density at radius 1 is 0.929 bits per heavy atom. The molecule has 0 atom stereocenters. The van der Waals surface area contributed by atoms with Gasteiger partial charge in [-0.25, -0.2) is 18.4 Å². The molecule has 142 valence electrons. The maximum Gasteiger partial charge on any atom is 0.179 e. The standard InChI is InChI=1S/C21H20N4O2S/c1-28(26,27)20-7-4-12-22-21(20)23-13-16-8-10-17(11-9-16)14-25-15-24-18-5-2-3-6-19(18)25/h2-12,15H,13-14H2,1H3,(H,22,23). The number of aromatic nitrogens is 3. The van der Waals surface area contributed by atoms with Crippen molar-refractivity contribution in [3.05, 3.63) is 84.3 Å². The number of benzene rings is 2. The van der Waals surface area contributed by atoms with Gasteiger partial charge in [-0.3, -0.25) is 0 Å². The fourth-order valence-corrected chi connectivity index (χ4v) is 3.91. The van der Waals surface area contributed by atoms with Crippen LogP contribution in [0.3, 0.4) is 0 Å². The molecule has 0 amide bonds. The molecule has 0 unspecified atom stereocenters. The quantitative estimate of drug-likeness (QED) is 0.543. The molecule has 28 heavy (non-hydrogen) atoms. The lowest BCUT2D eigenvalue weighted by Gasteiger charge is -2.10. The first kappa shape index (κ1) is 18.2. The van der Waals surface area contributed by atoms with Crippen molar-refractivity contribution in [2.24, 2.45) is 0 Å². The molecule has 0 fully saturated rings. The second-order valence-electron chi connectivity index (χ2n) is 6.65. The van der Waals surface area contributed by atoms with E-state index in [-0.39, 0.29) is 4.90 Å². The van der Waals surface area contributed by atoms with Crippen LogP contribution in [0.4, 0.5) is 5.82 Å². The summed E-state index contributed by atoms with van der Waals surface area (Å²) in [6, 6.07) is 19.4. The molecule has 6 nitrogen and oxygen atoms in total. The van der Waals surface area contributed by atoms with Gasteiger partial charge in [0.05, 0.1) is 17.4 Å². The van der Waals surface area contributed by atoms with Crippen molar-refractivity contribution >= 4 is 26.7 Å². The monoisotopic (exact) mass is 392 g/mol. The third kappa shape index (κ3) is 3.89. The first-order valence-electron chi connectivity index (χ1n) is 8.87. The third-order valence-corrected chi connectivity index (χ3v) is 5.66. The fraction of sp³-hybridized carbons (Fsp3) is 0.143. The van der Waals surface area contributed by atoms with E-state index in [1.165, 1.54) is 11.8 Å².